The highest BCUT2D eigenvalue weighted by Crippen LogP contribution is 2.28. The maximum Gasteiger partial charge on any atom is 0.228 e. The zero-order valence-electron chi connectivity index (χ0n) is 15.7. The van der Waals surface area contributed by atoms with Crippen LogP contribution in [-0.4, -0.2) is 46.7 Å². The molecule has 0 amide bonds. The van der Waals surface area contributed by atoms with E-state index in [-0.39, 0.29) is 24.0 Å². The second kappa shape index (κ2) is 12.0. The van der Waals surface area contributed by atoms with Crippen molar-refractivity contribution in [2.75, 3.05) is 19.3 Å². The number of thioether (sulfide) groups is 1. The molecule has 2 atom stereocenters. The van der Waals surface area contributed by atoms with E-state index < -0.39 is 0 Å². The molecule has 0 aliphatic heterocycles. The van der Waals surface area contributed by atoms with Gasteiger partial charge < -0.3 is 15.2 Å². The highest BCUT2D eigenvalue weighted by molar-refractivity contribution is 14.0. The van der Waals surface area contributed by atoms with Crippen molar-refractivity contribution in [2.45, 2.75) is 70.1 Å². The van der Waals surface area contributed by atoms with E-state index in [0.717, 1.165) is 23.6 Å². The van der Waals surface area contributed by atoms with Gasteiger partial charge in [0.25, 0.3) is 0 Å². The van der Waals surface area contributed by atoms with Gasteiger partial charge in [-0.05, 0) is 25.0 Å². The molecule has 0 bridgehead atoms. The molecule has 1 aromatic heterocycles. The summed E-state index contributed by atoms with van der Waals surface area (Å²) in [7, 11) is 1.82. The number of hydrogen-bond acceptors (Lipinski definition) is 5. The fourth-order valence-electron chi connectivity index (χ4n) is 2.94. The van der Waals surface area contributed by atoms with Gasteiger partial charge in [-0.1, -0.05) is 32.3 Å². The molecule has 1 heterocycles. The van der Waals surface area contributed by atoms with E-state index in [1.165, 1.54) is 31.4 Å². The lowest BCUT2D eigenvalue weighted by Crippen LogP contribution is -2.46. The van der Waals surface area contributed by atoms with Crippen LogP contribution in [0.25, 0.3) is 0 Å². The van der Waals surface area contributed by atoms with Crippen molar-refractivity contribution in [3.05, 3.63) is 11.7 Å². The molecule has 25 heavy (non-hydrogen) atoms. The highest BCUT2D eigenvalue weighted by Gasteiger charge is 2.22. The molecule has 1 saturated carbocycles. The topological polar surface area (TPSA) is 75.3 Å². The molecule has 2 N–H and O–H groups in total. The molecule has 0 saturated heterocycles. The molecule has 6 nitrogen and oxygen atoms in total. The Balaban J connectivity index is 0.00000312. The van der Waals surface area contributed by atoms with Crippen LogP contribution in [0.2, 0.25) is 0 Å². The Morgan fingerprint density at radius 2 is 2.20 bits per heavy atom. The zero-order chi connectivity index (χ0) is 17.4. The maximum absolute atomic E-state index is 5.27. The lowest BCUT2D eigenvalue weighted by atomic mass is 9.95. The first-order valence-corrected chi connectivity index (χ1v) is 10.1. The van der Waals surface area contributed by atoms with Gasteiger partial charge in [-0.15, -0.1) is 24.0 Å². The van der Waals surface area contributed by atoms with E-state index in [9.17, 15) is 0 Å². The van der Waals surface area contributed by atoms with Gasteiger partial charge in [0.05, 0.1) is 0 Å². The van der Waals surface area contributed by atoms with Crippen molar-refractivity contribution in [2.24, 2.45) is 4.99 Å². The van der Waals surface area contributed by atoms with E-state index in [2.05, 4.69) is 58.3 Å². The Morgan fingerprint density at radius 3 is 2.84 bits per heavy atom. The molecule has 0 spiro atoms. The lowest BCUT2D eigenvalue weighted by Gasteiger charge is -2.30. The molecule has 2 rings (SSSR count). The van der Waals surface area contributed by atoms with Crippen LogP contribution in [0.1, 0.15) is 64.1 Å². The average molecular weight is 481 g/mol. The predicted molar refractivity (Wildman–Crippen MR) is 116 cm³/mol. The molecule has 1 fully saturated rings. The van der Waals surface area contributed by atoms with Crippen molar-refractivity contribution in [3.63, 3.8) is 0 Å². The summed E-state index contributed by atoms with van der Waals surface area (Å²) in [6, 6.07) is 0.518. The van der Waals surface area contributed by atoms with Gasteiger partial charge in [0, 0.05) is 37.2 Å². The quantitative estimate of drug-likeness (QED) is 0.352. The van der Waals surface area contributed by atoms with Gasteiger partial charge in [-0.2, -0.15) is 16.7 Å². The van der Waals surface area contributed by atoms with Crippen LogP contribution in [0, 0.1) is 0 Å². The Labute approximate surface area is 172 Å². The molecule has 2 unspecified atom stereocenters. The van der Waals surface area contributed by atoms with Crippen LogP contribution in [-0.2, 0) is 6.42 Å². The minimum atomic E-state index is 0. The van der Waals surface area contributed by atoms with E-state index in [0.29, 0.717) is 24.3 Å². The second-order valence-electron chi connectivity index (χ2n) is 6.54. The van der Waals surface area contributed by atoms with Gasteiger partial charge in [-0.25, -0.2) is 0 Å². The van der Waals surface area contributed by atoms with Crippen LogP contribution in [0.15, 0.2) is 9.52 Å². The molecular formula is C17H32IN5OS. The first-order valence-electron chi connectivity index (χ1n) is 9.03. The summed E-state index contributed by atoms with van der Waals surface area (Å²) in [6.45, 7) is 7.10. The van der Waals surface area contributed by atoms with Crippen molar-refractivity contribution in [3.8, 4) is 0 Å². The van der Waals surface area contributed by atoms with Gasteiger partial charge in [-0.3, -0.25) is 4.99 Å². The van der Waals surface area contributed by atoms with Crippen molar-refractivity contribution in [1.82, 2.24) is 20.8 Å². The van der Waals surface area contributed by atoms with Gasteiger partial charge in [0.15, 0.2) is 11.8 Å². The zero-order valence-corrected chi connectivity index (χ0v) is 18.9. The number of aliphatic imine (C=N–C) groups is 1. The Kier molecular flexibility index (Phi) is 10.8. The number of guanidine groups is 1. The predicted octanol–water partition coefficient (Wildman–Crippen LogP) is 3.58. The number of halogens is 1. The molecule has 1 aliphatic carbocycles. The van der Waals surface area contributed by atoms with Gasteiger partial charge in [0.1, 0.15) is 0 Å². The Morgan fingerprint density at radius 1 is 1.40 bits per heavy atom. The fourth-order valence-corrected chi connectivity index (χ4v) is 4.12. The average Bonchev–Trinajstić information content (AvgIpc) is 3.04. The van der Waals surface area contributed by atoms with Gasteiger partial charge >= 0.3 is 0 Å². The fraction of sp³-hybridized carbons (Fsp3) is 0.824. The standard InChI is InChI=1S/C17H31N5OS.HI/c1-5-24-14-8-6-7-13(11-14)20-17(18-4)19-10-9-15-21-16(12(2)3)22-23-15;/h12-14H,5-11H2,1-4H3,(H2,18,19,20);1H. The number of nitrogens with one attached hydrogen (secondary N) is 2. The highest BCUT2D eigenvalue weighted by atomic mass is 127. The van der Waals surface area contributed by atoms with Crippen molar-refractivity contribution < 1.29 is 4.52 Å². The summed E-state index contributed by atoms with van der Waals surface area (Å²) in [4.78, 5) is 8.74. The molecular weight excluding hydrogens is 449 g/mol. The molecule has 1 aromatic rings. The van der Waals surface area contributed by atoms with Crippen LogP contribution >= 0.6 is 35.7 Å². The molecule has 0 aromatic carbocycles. The molecule has 0 radical (unpaired) electrons. The van der Waals surface area contributed by atoms with Crippen LogP contribution in [0.5, 0.6) is 0 Å². The summed E-state index contributed by atoms with van der Waals surface area (Å²) in [6.07, 6.45) is 5.80. The molecule has 144 valence electrons. The normalized spacial score (nSPS) is 21.1. The summed E-state index contributed by atoms with van der Waals surface area (Å²) < 4.78 is 5.27. The third-order valence-corrected chi connectivity index (χ3v) is 5.46. The summed E-state index contributed by atoms with van der Waals surface area (Å²) >= 11 is 2.08. The lowest BCUT2D eigenvalue weighted by molar-refractivity contribution is 0.370. The minimum absolute atomic E-state index is 0. The van der Waals surface area contributed by atoms with Crippen molar-refractivity contribution in [1.29, 1.82) is 0 Å². The van der Waals surface area contributed by atoms with Crippen molar-refractivity contribution >= 4 is 41.7 Å². The van der Waals surface area contributed by atoms with Crippen LogP contribution in [0.3, 0.4) is 0 Å². The number of aromatic nitrogens is 2. The minimum Gasteiger partial charge on any atom is -0.356 e. The summed E-state index contributed by atoms with van der Waals surface area (Å²) in [5, 5.41) is 11.7. The number of nitrogens with zero attached hydrogens (tertiary/aromatic N) is 3. The SMILES string of the molecule is CCSC1CCCC(NC(=NC)NCCc2nc(C(C)C)no2)C1.I. The largest absolute Gasteiger partial charge is 0.356 e. The number of rotatable bonds is 7. The Bertz CT molecular complexity index is 521. The van der Waals surface area contributed by atoms with E-state index >= 15 is 0 Å². The first kappa shape index (κ1) is 22.5. The van der Waals surface area contributed by atoms with Gasteiger partial charge in [0.2, 0.25) is 5.89 Å². The maximum atomic E-state index is 5.27. The van der Waals surface area contributed by atoms with E-state index in [4.69, 9.17) is 4.52 Å². The van der Waals surface area contributed by atoms with Crippen LogP contribution < -0.4 is 10.6 Å². The third-order valence-electron chi connectivity index (χ3n) is 4.22. The summed E-state index contributed by atoms with van der Waals surface area (Å²) in [5.74, 6) is 3.82. The van der Waals surface area contributed by atoms with E-state index in [1.54, 1.807) is 0 Å². The smallest absolute Gasteiger partial charge is 0.228 e. The Hall–Kier alpha value is -0.510. The number of hydrogen-bond donors (Lipinski definition) is 2. The first-order chi connectivity index (χ1) is 11.6. The monoisotopic (exact) mass is 481 g/mol. The van der Waals surface area contributed by atoms with Crippen LogP contribution in [0.4, 0.5) is 0 Å². The van der Waals surface area contributed by atoms with E-state index in [1.807, 2.05) is 7.05 Å². The summed E-state index contributed by atoms with van der Waals surface area (Å²) in [5.41, 5.74) is 0. The second-order valence-corrected chi connectivity index (χ2v) is 8.11. The molecule has 1 aliphatic rings. The molecule has 8 heteroatoms. The third kappa shape index (κ3) is 7.72.